The molecule has 1 aromatic rings. The first kappa shape index (κ1) is 30.1. The Hall–Kier alpha value is -4.40. The Balaban J connectivity index is 1.95. The monoisotopic (exact) mass is 567 g/mol. The number of hydrogen-bond donors (Lipinski definition) is 1. The van der Waals surface area contributed by atoms with Gasteiger partial charge in [-0.25, -0.2) is 14.4 Å². The van der Waals surface area contributed by atoms with Gasteiger partial charge >= 0.3 is 35.9 Å². The molecule has 0 spiro atoms. The molecule has 40 heavy (non-hydrogen) atoms. The van der Waals surface area contributed by atoms with Crippen molar-refractivity contribution in [3.05, 3.63) is 29.3 Å². The van der Waals surface area contributed by atoms with Crippen molar-refractivity contribution in [3.63, 3.8) is 0 Å². The van der Waals surface area contributed by atoms with Crippen LogP contribution >= 0.6 is 0 Å². The lowest BCUT2D eigenvalue weighted by molar-refractivity contribution is -0.282. The van der Waals surface area contributed by atoms with Gasteiger partial charge in [-0.15, -0.1) is 0 Å². The molecule has 1 amide bonds. The lowest BCUT2D eigenvalue weighted by Gasteiger charge is -2.43. The van der Waals surface area contributed by atoms with Gasteiger partial charge in [0.25, 0.3) is 0 Å². The van der Waals surface area contributed by atoms with Gasteiger partial charge in [0.2, 0.25) is 12.4 Å². The van der Waals surface area contributed by atoms with Gasteiger partial charge in [0.15, 0.2) is 18.3 Å². The molecule has 15 heteroatoms. The van der Waals surface area contributed by atoms with E-state index in [4.69, 9.17) is 33.2 Å². The summed E-state index contributed by atoms with van der Waals surface area (Å²) in [6, 6.07) is 3.88. The summed E-state index contributed by atoms with van der Waals surface area (Å²) >= 11 is 0. The second-order valence-corrected chi connectivity index (χ2v) is 8.82. The number of carbonyl (C=O) groups excluding carboxylic acids is 5. The van der Waals surface area contributed by atoms with Crippen molar-refractivity contribution >= 4 is 35.9 Å². The molecule has 1 N–H and O–H groups in total. The first-order valence-electron chi connectivity index (χ1n) is 12.1. The Kier molecular flexibility index (Phi) is 9.87. The third-order valence-electron chi connectivity index (χ3n) is 5.83. The number of ether oxygens (including phenoxy) is 7. The lowest BCUT2D eigenvalue weighted by atomic mass is 9.97. The Labute approximate surface area is 228 Å². The minimum atomic E-state index is -1.74. The Morgan fingerprint density at radius 3 is 2.05 bits per heavy atom. The van der Waals surface area contributed by atoms with Crippen molar-refractivity contribution in [1.29, 1.82) is 0 Å². The second-order valence-electron chi connectivity index (χ2n) is 8.82. The van der Waals surface area contributed by atoms with E-state index in [1.54, 1.807) is 0 Å². The van der Waals surface area contributed by atoms with Crippen LogP contribution in [0.4, 0.5) is 4.79 Å². The van der Waals surface area contributed by atoms with Crippen LogP contribution in [0.25, 0.3) is 0 Å². The van der Waals surface area contributed by atoms with Crippen LogP contribution in [0.1, 0.15) is 43.1 Å². The summed E-state index contributed by atoms with van der Waals surface area (Å²) < 4.78 is 37.1. The van der Waals surface area contributed by atoms with E-state index < -0.39 is 66.6 Å². The number of esters is 4. The number of carboxylic acids is 1. The Morgan fingerprint density at radius 2 is 1.52 bits per heavy atom. The standard InChI is InChI=1S/C25H29NO14/c1-12(27)36-18-19(37-13(2)28)21(38-14(3)29)24(40-20(18)23(32)34-4)39-17-7-6-15(10-16(17)22(30)31)11-35-25(33)26-8-5-9-26/h6-7,10,18-21,24H,5,8-9,11H2,1-4H3,(H,30,31)/t18-,19-,20-,21+,24+/m0/s1. The minimum absolute atomic E-state index is 0.213. The van der Waals surface area contributed by atoms with Crippen LogP contribution in [0, 0.1) is 0 Å². The van der Waals surface area contributed by atoms with Gasteiger partial charge in [0.1, 0.15) is 17.9 Å². The van der Waals surface area contributed by atoms with Crippen LogP contribution in [0.15, 0.2) is 18.2 Å². The van der Waals surface area contributed by atoms with Crippen molar-refractivity contribution in [3.8, 4) is 5.75 Å². The molecule has 1 aromatic carbocycles. The zero-order valence-electron chi connectivity index (χ0n) is 22.1. The van der Waals surface area contributed by atoms with Gasteiger partial charge in [0.05, 0.1) is 7.11 Å². The van der Waals surface area contributed by atoms with Gasteiger partial charge < -0.3 is 43.2 Å². The fraction of sp³-hybridized carbons (Fsp3) is 0.520. The van der Waals surface area contributed by atoms with E-state index in [0.717, 1.165) is 34.3 Å². The molecule has 2 fully saturated rings. The van der Waals surface area contributed by atoms with E-state index in [1.807, 2.05) is 0 Å². The summed E-state index contributed by atoms with van der Waals surface area (Å²) in [4.78, 5) is 73.8. The Morgan fingerprint density at radius 1 is 0.925 bits per heavy atom. The van der Waals surface area contributed by atoms with E-state index in [2.05, 4.69) is 0 Å². The van der Waals surface area contributed by atoms with Crippen LogP contribution in [0.2, 0.25) is 0 Å². The number of methoxy groups -OCH3 is 1. The van der Waals surface area contributed by atoms with Crippen molar-refractivity contribution < 1.29 is 67.0 Å². The first-order chi connectivity index (χ1) is 18.9. The van der Waals surface area contributed by atoms with Crippen molar-refractivity contribution in [2.45, 2.75) is 64.5 Å². The highest BCUT2D eigenvalue weighted by Crippen LogP contribution is 2.32. The van der Waals surface area contributed by atoms with E-state index in [0.29, 0.717) is 18.7 Å². The molecule has 0 aliphatic carbocycles. The molecule has 0 bridgehead atoms. The van der Waals surface area contributed by atoms with Gasteiger partial charge in [-0.05, 0) is 24.1 Å². The highest BCUT2D eigenvalue weighted by Gasteiger charge is 2.56. The number of likely N-dealkylation sites (tertiary alicyclic amines) is 1. The Bertz CT molecular complexity index is 1160. The van der Waals surface area contributed by atoms with Crippen LogP contribution in [0.5, 0.6) is 5.75 Å². The van der Waals surface area contributed by atoms with Gasteiger partial charge in [-0.3, -0.25) is 14.4 Å². The zero-order valence-corrected chi connectivity index (χ0v) is 22.1. The maximum atomic E-state index is 12.6. The molecular weight excluding hydrogens is 538 g/mol. The number of amides is 1. The highest BCUT2D eigenvalue weighted by atomic mass is 16.7. The fourth-order valence-electron chi connectivity index (χ4n) is 3.97. The van der Waals surface area contributed by atoms with Crippen LogP contribution < -0.4 is 4.74 Å². The molecule has 15 nitrogen and oxygen atoms in total. The van der Waals surface area contributed by atoms with Crippen LogP contribution in [-0.4, -0.2) is 96.9 Å². The average molecular weight is 568 g/mol. The molecule has 2 aliphatic heterocycles. The number of carboxylic acid groups (broad SMARTS) is 1. The summed E-state index contributed by atoms with van der Waals surface area (Å²) in [5.74, 6) is -5.40. The highest BCUT2D eigenvalue weighted by molar-refractivity contribution is 5.91. The molecule has 218 valence electrons. The van der Waals surface area contributed by atoms with Crippen molar-refractivity contribution in [2.75, 3.05) is 20.2 Å². The topological polar surface area (TPSA) is 190 Å². The number of aromatic carboxylic acids is 1. The second kappa shape index (κ2) is 13.1. The van der Waals surface area contributed by atoms with Crippen LogP contribution in [-0.2, 0) is 54.2 Å². The zero-order chi connectivity index (χ0) is 29.6. The van der Waals surface area contributed by atoms with Gasteiger partial charge in [-0.2, -0.15) is 0 Å². The molecular formula is C25H29NO14. The normalized spacial score (nSPS) is 23.6. The molecule has 3 rings (SSSR count). The largest absolute Gasteiger partial charge is 0.478 e. The maximum absolute atomic E-state index is 12.6. The predicted molar refractivity (Wildman–Crippen MR) is 128 cm³/mol. The maximum Gasteiger partial charge on any atom is 0.410 e. The SMILES string of the molecule is COC(=O)[C@H]1O[C@@H](Oc2ccc(COC(=O)N3CCC3)cc2C(=O)O)[C@H](OC(C)=O)[C@@H](OC(C)=O)[C@@H]1OC(C)=O. The summed E-state index contributed by atoms with van der Waals surface area (Å²) in [6.45, 7) is 4.05. The van der Waals surface area contributed by atoms with E-state index in [9.17, 15) is 33.9 Å². The van der Waals surface area contributed by atoms with E-state index >= 15 is 0 Å². The molecule has 2 saturated heterocycles. The third kappa shape index (κ3) is 7.37. The summed E-state index contributed by atoms with van der Waals surface area (Å²) in [7, 11) is 1.03. The summed E-state index contributed by atoms with van der Waals surface area (Å²) in [5.41, 5.74) is -0.0525. The number of benzene rings is 1. The average Bonchev–Trinajstić information content (AvgIpc) is 2.84. The van der Waals surface area contributed by atoms with E-state index in [1.165, 1.54) is 23.1 Å². The molecule has 2 heterocycles. The van der Waals surface area contributed by atoms with Crippen LogP contribution in [0.3, 0.4) is 0 Å². The first-order valence-corrected chi connectivity index (χ1v) is 12.1. The third-order valence-corrected chi connectivity index (χ3v) is 5.83. The summed E-state index contributed by atoms with van der Waals surface area (Å²) in [6.07, 6.45) is -7.96. The molecule has 0 unspecified atom stereocenters. The number of rotatable bonds is 9. The van der Waals surface area contributed by atoms with Gasteiger partial charge in [0, 0.05) is 33.9 Å². The molecule has 0 radical (unpaired) electrons. The number of carbonyl (C=O) groups is 6. The predicted octanol–water partition coefficient (Wildman–Crippen LogP) is 0.799. The summed E-state index contributed by atoms with van der Waals surface area (Å²) in [5, 5.41) is 9.81. The molecule has 0 saturated carbocycles. The van der Waals surface area contributed by atoms with Gasteiger partial charge in [-0.1, -0.05) is 6.07 Å². The van der Waals surface area contributed by atoms with E-state index in [-0.39, 0.29) is 17.9 Å². The number of hydrogen-bond acceptors (Lipinski definition) is 13. The molecule has 0 aromatic heterocycles. The van der Waals surface area contributed by atoms with Crippen molar-refractivity contribution in [2.24, 2.45) is 0 Å². The number of nitrogens with zero attached hydrogens (tertiary/aromatic N) is 1. The fourth-order valence-corrected chi connectivity index (χ4v) is 3.97. The quantitative estimate of drug-likeness (QED) is 0.325. The lowest BCUT2D eigenvalue weighted by Crippen LogP contribution is -2.64. The smallest absolute Gasteiger partial charge is 0.410 e. The molecule has 5 atom stereocenters. The molecule has 2 aliphatic rings. The minimum Gasteiger partial charge on any atom is -0.478 e. The van der Waals surface area contributed by atoms with Crippen molar-refractivity contribution in [1.82, 2.24) is 4.90 Å².